The largest absolute Gasteiger partial charge is 0.395 e. The van der Waals surface area contributed by atoms with E-state index in [2.05, 4.69) is 0 Å². The minimum absolute atomic E-state index is 0.0304. The van der Waals surface area contributed by atoms with Gasteiger partial charge < -0.3 is 10.2 Å². The lowest BCUT2D eigenvalue weighted by Crippen LogP contribution is -2.39. The molecule has 1 saturated heterocycles. The Morgan fingerprint density at radius 3 is 2.42 bits per heavy atom. The van der Waals surface area contributed by atoms with Gasteiger partial charge in [-0.25, -0.2) is 8.42 Å². The molecule has 0 aromatic heterocycles. The number of β-amino-alcohol motifs (C(OH)–C–C–N with tert-alkyl or cyclic N) is 1. The first-order valence-corrected chi connectivity index (χ1v) is 7.69. The van der Waals surface area contributed by atoms with Gasteiger partial charge in [0.05, 0.1) is 23.6 Å². The summed E-state index contributed by atoms with van der Waals surface area (Å²) in [4.78, 5) is 0.192. The van der Waals surface area contributed by atoms with Crippen molar-refractivity contribution in [3.05, 3.63) is 29.8 Å². The molecule has 0 unspecified atom stereocenters. The number of sulfonamides is 1. The number of hydrogen-bond acceptors (Lipinski definition) is 4. The number of benzene rings is 1. The summed E-state index contributed by atoms with van der Waals surface area (Å²) >= 11 is 0. The van der Waals surface area contributed by atoms with Crippen molar-refractivity contribution in [2.45, 2.75) is 30.9 Å². The van der Waals surface area contributed by atoms with Crippen LogP contribution in [0.3, 0.4) is 0 Å². The molecule has 2 rings (SSSR count). The first-order chi connectivity index (χ1) is 8.87. The summed E-state index contributed by atoms with van der Waals surface area (Å²) in [7, 11) is -3.67. The van der Waals surface area contributed by atoms with Gasteiger partial charge in [0.1, 0.15) is 0 Å². The van der Waals surface area contributed by atoms with Crippen molar-refractivity contribution in [1.29, 1.82) is 0 Å². The molecule has 1 heterocycles. The maximum Gasteiger partial charge on any atom is 0.243 e. The van der Waals surface area contributed by atoms with Crippen LogP contribution in [0, 0.1) is 12.8 Å². The lowest BCUT2D eigenvalue weighted by molar-refractivity contribution is 0.132. The fourth-order valence-electron chi connectivity index (χ4n) is 2.38. The number of nitrogens with zero attached hydrogens (tertiary/aromatic N) is 1. The van der Waals surface area contributed by atoms with Crippen molar-refractivity contribution in [1.82, 2.24) is 4.31 Å². The number of aliphatic hydroxyl groups is 2. The van der Waals surface area contributed by atoms with Crippen molar-refractivity contribution in [2.75, 3.05) is 13.2 Å². The van der Waals surface area contributed by atoms with E-state index < -0.39 is 22.2 Å². The number of hydrogen-bond donors (Lipinski definition) is 2. The predicted molar refractivity (Wildman–Crippen MR) is 71.1 cm³/mol. The van der Waals surface area contributed by atoms with Gasteiger partial charge in [0, 0.05) is 12.5 Å². The molecular formula is C13H19NO4S. The van der Waals surface area contributed by atoms with Crippen LogP contribution in [0.15, 0.2) is 29.2 Å². The molecule has 0 spiro atoms. The third-order valence-corrected chi connectivity index (χ3v) is 5.67. The second-order valence-corrected chi connectivity index (χ2v) is 6.95. The van der Waals surface area contributed by atoms with E-state index in [1.54, 1.807) is 31.2 Å². The van der Waals surface area contributed by atoms with Crippen LogP contribution in [-0.2, 0) is 10.0 Å². The van der Waals surface area contributed by atoms with Crippen LogP contribution in [0.2, 0.25) is 0 Å². The number of aryl methyl sites for hydroxylation is 1. The van der Waals surface area contributed by atoms with E-state index in [0.717, 1.165) is 5.56 Å². The van der Waals surface area contributed by atoms with E-state index >= 15 is 0 Å². The predicted octanol–water partition coefficient (Wildman–Crippen LogP) is 0.357. The molecule has 6 heteroatoms. The standard InChI is InChI=1S/C13H19NO4S/c1-9-3-5-11(6-4-9)19(17,18)14-7-13(16)10(2)12(14)8-15/h3-6,10,12-13,15-16H,7-8H2,1-2H3/t10-,12-,13-/m0/s1. The molecule has 19 heavy (non-hydrogen) atoms. The van der Waals surface area contributed by atoms with Crippen LogP contribution < -0.4 is 0 Å². The highest BCUT2D eigenvalue weighted by atomic mass is 32.2. The molecule has 1 aromatic carbocycles. The fourth-order valence-corrected chi connectivity index (χ4v) is 4.10. The molecule has 3 atom stereocenters. The summed E-state index contributed by atoms with van der Waals surface area (Å²) in [6.07, 6.45) is -0.739. The lowest BCUT2D eigenvalue weighted by atomic mass is 10.0. The van der Waals surface area contributed by atoms with Gasteiger partial charge in [-0.3, -0.25) is 0 Å². The molecule has 1 aliphatic rings. The maximum absolute atomic E-state index is 12.5. The molecule has 1 aliphatic heterocycles. The summed E-state index contributed by atoms with van der Waals surface area (Å²) in [5.74, 6) is -0.273. The van der Waals surface area contributed by atoms with Crippen molar-refractivity contribution < 1.29 is 18.6 Å². The molecule has 0 saturated carbocycles. The van der Waals surface area contributed by atoms with Crippen LogP contribution in [0.1, 0.15) is 12.5 Å². The Morgan fingerprint density at radius 2 is 1.89 bits per heavy atom. The average Bonchev–Trinajstić information content (AvgIpc) is 2.66. The summed E-state index contributed by atoms with van der Waals surface area (Å²) < 4.78 is 26.2. The summed E-state index contributed by atoms with van der Waals surface area (Å²) in [6.45, 7) is 3.37. The fraction of sp³-hybridized carbons (Fsp3) is 0.538. The zero-order chi connectivity index (χ0) is 14.2. The molecule has 0 amide bonds. The van der Waals surface area contributed by atoms with Crippen molar-refractivity contribution in [3.8, 4) is 0 Å². The maximum atomic E-state index is 12.5. The Labute approximate surface area is 113 Å². The van der Waals surface area contributed by atoms with Crippen molar-refractivity contribution in [2.24, 2.45) is 5.92 Å². The summed E-state index contributed by atoms with van der Waals surface area (Å²) in [5, 5.41) is 19.2. The Kier molecular flexibility index (Phi) is 3.96. The van der Waals surface area contributed by atoms with Gasteiger partial charge in [0.2, 0.25) is 10.0 Å². The normalized spacial score (nSPS) is 28.7. The van der Waals surface area contributed by atoms with Crippen LogP contribution in [0.4, 0.5) is 0 Å². The smallest absolute Gasteiger partial charge is 0.243 e. The SMILES string of the molecule is Cc1ccc(S(=O)(=O)N2C[C@H](O)[C@@H](C)[C@@H]2CO)cc1. The van der Waals surface area contributed by atoms with Gasteiger partial charge in [0.25, 0.3) is 0 Å². The second-order valence-electron chi connectivity index (χ2n) is 5.06. The highest BCUT2D eigenvalue weighted by Gasteiger charge is 2.44. The van der Waals surface area contributed by atoms with Gasteiger partial charge in [-0.2, -0.15) is 4.31 Å². The Balaban J connectivity index is 2.37. The molecule has 1 fully saturated rings. The monoisotopic (exact) mass is 285 g/mol. The van der Waals surface area contributed by atoms with E-state index in [-0.39, 0.29) is 24.0 Å². The van der Waals surface area contributed by atoms with E-state index in [1.807, 2.05) is 6.92 Å². The zero-order valence-electron chi connectivity index (χ0n) is 11.0. The van der Waals surface area contributed by atoms with E-state index in [9.17, 15) is 18.6 Å². The Hall–Kier alpha value is -0.950. The van der Waals surface area contributed by atoms with Gasteiger partial charge in [-0.15, -0.1) is 0 Å². The molecule has 0 bridgehead atoms. The minimum Gasteiger partial charge on any atom is -0.395 e. The highest BCUT2D eigenvalue weighted by Crippen LogP contribution is 2.30. The van der Waals surface area contributed by atoms with Crippen LogP contribution in [-0.4, -0.2) is 48.2 Å². The molecule has 106 valence electrons. The van der Waals surface area contributed by atoms with E-state index in [0.29, 0.717) is 0 Å². The summed E-state index contributed by atoms with van der Waals surface area (Å²) in [6, 6.07) is 6.00. The summed E-state index contributed by atoms with van der Waals surface area (Å²) in [5.41, 5.74) is 0.979. The molecule has 1 aromatic rings. The third-order valence-electron chi connectivity index (χ3n) is 3.77. The highest BCUT2D eigenvalue weighted by molar-refractivity contribution is 7.89. The zero-order valence-corrected chi connectivity index (χ0v) is 11.8. The van der Waals surface area contributed by atoms with Crippen molar-refractivity contribution in [3.63, 3.8) is 0 Å². The number of aliphatic hydroxyl groups excluding tert-OH is 2. The Bertz CT molecular complexity index is 540. The molecule has 0 radical (unpaired) electrons. The third kappa shape index (κ3) is 2.53. The van der Waals surface area contributed by atoms with Crippen LogP contribution in [0.5, 0.6) is 0 Å². The average molecular weight is 285 g/mol. The molecule has 5 nitrogen and oxygen atoms in total. The first kappa shape index (κ1) is 14.5. The van der Waals surface area contributed by atoms with Gasteiger partial charge >= 0.3 is 0 Å². The quantitative estimate of drug-likeness (QED) is 0.840. The lowest BCUT2D eigenvalue weighted by Gasteiger charge is -2.24. The van der Waals surface area contributed by atoms with Crippen LogP contribution >= 0.6 is 0 Å². The molecule has 2 N–H and O–H groups in total. The minimum atomic E-state index is -3.67. The van der Waals surface area contributed by atoms with Gasteiger partial charge in [0.15, 0.2) is 0 Å². The number of rotatable bonds is 3. The first-order valence-electron chi connectivity index (χ1n) is 6.25. The van der Waals surface area contributed by atoms with Crippen molar-refractivity contribution >= 4 is 10.0 Å². The van der Waals surface area contributed by atoms with Gasteiger partial charge in [-0.1, -0.05) is 24.6 Å². The van der Waals surface area contributed by atoms with E-state index in [1.165, 1.54) is 4.31 Å². The Morgan fingerprint density at radius 1 is 1.32 bits per heavy atom. The van der Waals surface area contributed by atoms with E-state index in [4.69, 9.17) is 0 Å². The molecule has 0 aliphatic carbocycles. The van der Waals surface area contributed by atoms with Gasteiger partial charge in [-0.05, 0) is 19.1 Å². The second kappa shape index (κ2) is 5.20. The molecular weight excluding hydrogens is 266 g/mol. The topological polar surface area (TPSA) is 77.8 Å². The van der Waals surface area contributed by atoms with Crippen LogP contribution in [0.25, 0.3) is 0 Å².